The third-order valence-corrected chi connectivity index (χ3v) is 6.77. The van der Waals surface area contributed by atoms with E-state index in [1.807, 2.05) is 0 Å². The Morgan fingerprint density at radius 3 is 2.34 bits per heavy atom. The van der Waals surface area contributed by atoms with Gasteiger partial charge in [0.05, 0.1) is 14.8 Å². The van der Waals surface area contributed by atoms with Gasteiger partial charge in [0.25, 0.3) is 11.6 Å². The highest BCUT2D eigenvalue weighted by molar-refractivity contribution is 7.89. The molecule has 0 spiro atoms. The molecule has 3 aromatic carbocycles. The summed E-state index contributed by atoms with van der Waals surface area (Å²) in [6.07, 6.45) is 1.05. The van der Waals surface area contributed by atoms with Gasteiger partial charge in [0.2, 0.25) is 10.0 Å². The number of sulfonamides is 1. The summed E-state index contributed by atoms with van der Waals surface area (Å²) in [4.78, 5) is 40.7. The maximum absolute atomic E-state index is 13.1. The number of nitro benzene ring substituents is 1. The molecule has 4 aromatic rings. The summed E-state index contributed by atoms with van der Waals surface area (Å²) in [6, 6.07) is 19.0. The van der Waals surface area contributed by atoms with E-state index in [4.69, 9.17) is 16.7 Å². The number of primary sulfonamides is 1. The van der Waals surface area contributed by atoms with Crippen LogP contribution in [0.25, 0.3) is 11.1 Å². The molecule has 192 valence electrons. The van der Waals surface area contributed by atoms with Crippen LogP contribution in [0.5, 0.6) is 0 Å². The normalized spacial score (nSPS) is 11.1. The molecular weight excluding hydrogens is 532 g/mol. The molecule has 0 fully saturated rings. The first-order chi connectivity index (χ1) is 18.0. The van der Waals surface area contributed by atoms with Gasteiger partial charge in [-0.15, -0.1) is 0 Å². The van der Waals surface area contributed by atoms with Crippen LogP contribution >= 0.6 is 11.6 Å². The lowest BCUT2D eigenvalue weighted by molar-refractivity contribution is -0.384. The van der Waals surface area contributed by atoms with Crippen LogP contribution in [0.15, 0.2) is 90.0 Å². The molecule has 1 aromatic heterocycles. The number of nitrogens with one attached hydrogen (secondary N) is 1. The van der Waals surface area contributed by atoms with Gasteiger partial charge < -0.3 is 5.32 Å². The highest BCUT2D eigenvalue weighted by atomic mass is 35.5. The number of carbonyl (C=O) groups excluding carboxylic acids is 2. The third-order valence-electron chi connectivity index (χ3n) is 5.58. The Morgan fingerprint density at radius 2 is 1.71 bits per heavy atom. The van der Waals surface area contributed by atoms with Crippen molar-refractivity contribution in [1.29, 1.82) is 0 Å². The van der Waals surface area contributed by atoms with E-state index in [1.54, 1.807) is 30.3 Å². The Bertz CT molecular complexity index is 1660. The first-order valence-electron chi connectivity index (χ1n) is 11.0. The van der Waals surface area contributed by atoms with Crippen LogP contribution in [-0.2, 0) is 16.4 Å². The molecule has 1 heterocycles. The smallest absolute Gasteiger partial charge is 0.269 e. The van der Waals surface area contributed by atoms with Gasteiger partial charge in [0.1, 0.15) is 5.82 Å². The van der Waals surface area contributed by atoms with Gasteiger partial charge in [-0.2, -0.15) is 0 Å². The summed E-state index contributed by atoms with van der Waals surface area (Å²) in [5.41, 5.74) is 1.11. The zero-order valence-electron chi connectivity index (χ0n) is 19.5. The quantitative estimate of drug-likeness (QED) is 0.183. The summed E-state index contributed by atoms with van der Waals surface area (Å²) in [7, 11) is -3.97. The lowest BCUT2D eigenvalue weighted by Gasteiger charge is -2.11. The Morgan fingerprint density at radius 1 is 1.00 bits per heavy atom. The second-order valence-electron chi connectivity index (χ2n) is 8.13. The predicted octanol–water partition coefficient (Wildman–Crippen LogP) is 4.64. The van der Waals surface area contributed by atoms with E-state index >= 15 is 0 Å². The van der Waals surface area contributed by atoms with Gasteiger partial charge in [-0.05, 0) is 35.4 Å². The second kappa shape index (κ2) is 10.9. The van der Waals surface area contributed by atoms with Crippen molar-refractivity contribution < 1.29 is 22.9 Å². The fourth-order valence-electron chi connectivity index (χ4n) is 3.76. The molecule has 1 amide bonds. The first-order valence-corrected chi connectivity index (χ1v) is 12.9. The molecule has 38 heavy (non-hydrogen) atoms. The lowest BCUT2D eigenvalue weighted by Crippen LogP contribution is -2.17. The molecule has 0 aliphatic heterocycles. The molecule has 0 unspecified atom stereocenters. The minimum atomic E-state index is -3.97. The van der Waals surface area contributed by atoms with Crippen molar-refractivity contribution in [3.63, 3.8) is 0 Å². The number of nitro groups is 1. The van der Waals surface area contributed by atoms with Gasteiger partial charge in [0.15, 0.2) is 5.78 Å². The molecular formula is C26H19ClN4O6S. The van der Waals surface area contributed by atoms with Crippen molar-refractivity contribution in [2.75, 3.05) is 5.32 Å². The van der Waals surface area contributed by atoms with Crippen LogP contribution in [0.3, 0.4) is 0 Å². The topological polar surface area (TPSA) is 162 Å². The molecule has 4 rings (SSSR count). The van der Waals surface area contributed by atoms with Crippen LogP contribution in [0, 0.1) is 10.1 Å². The Balaban J connectivity index is 1.61. The minimum Gasteiger partial charge on any atom is -0.307 e. The summed E-state index contributed by atoms with van der Waals surface area (Å²) >= 11 is 5.82. The molecule has 0 aliphatic carbocycles. The number of hydrogen-bond acceptors (Lipinski definition) is 7. The molecule has 3 N–H and O–H groups in total. The van der Waals surface area contributed by atoms with Crippen molar-refractivity contribution in [3.8, 4) is 11.1 Å². The zero-order chi connectivity index (χ0) is 27.4. The second-order valence-corrected chi connectivity index (χ2v) is 10.1. The van der Waals surface area contributed by atoms with Gasteiger partial charge in [-0.25, -0.2) is 18.5 Å². The molecule has 12 heteroatoms. The Hall–Kier alpha value is -4.45. The molecule has 0 saturated carbocycles. The molecule has 10 nitrogen and oxygen atoms in total. The number of nitrogens with zero attached hydrogens (tertiary/aromatic N) is 2. The number of hydrogen-bond donors (Lipinski definition) is 2. The van der Waals surface area contributed by atoms with Crippen molar-refractivity contribution >= 4 is 44.8 Å². The van der Waals surface area contributed by atoms with Crippen LogP contribution in [0.1, 0.15) is 26.3 Å². The maximum atomic E-state index is 13.1. The van der Waals surface area contributed by atoms with Gasteiger partial charge in [-0.3, -0.25) is 19.7 Å². The Kier molecular flexibility index (Phi) is 7.62. The summed E-state index contributed by atoms with van der Waals surface area (Å²) in [5.74, 6) is -0.798. The fourth-order valence-corrected chi connectivity index (χ4v) is 4.63. The number of halogens is 1. The van der Waals surface area contributed by atoms with Crippen LogP contribution in [-0.4, -0.2) is 30.0 Å². The number of Topliss-reactive ketones (excluding diaryl/α,β-unsaturated/α-hetero) is 1. The monoisotopic (exact) mass is 550 g/mol. The van der Waals surface area contributed by atoms with E-state index in [-0.39, 0.29) is 39.5 Å². The molecule has 0 aliphatic rings. The standard InChI is InChI=1S/C26H19ClN4O6S/c27-19-9-12-25(29-15-19)30-26(33)22-11-10-20(31(34)35)13-18(22)14-23(32)17-7-5-16(6-8-17)21-3-1-2-4-24(21)38(28,36)37/h1-13,15H,14H2,(H2,28,36,37)(H,29,30,33). The number of carbonyl (C=O) groups is 2. The van der Waals surface area contributed by atoms with E-state index in [0.29, 0.717) is 16.1 Å². The fraction of sp³-hybridized carbons (Fsp3) is 0.0385. The number of rotatable bonds is 8. The summed E-state index contributed by atoms with van der Waals surface area (Å²) in [6.45, 7) is 0. The van der Waals surface area contributed by atoms with Crippen molar-refractivity contribution in [1.82, 2.24) is 4.98 Å². The maximum Gasteiger partial charge on any atom is 0.269 e. The van der Waals surface area contributed by atoms with E-state index in [0.717, 1.165) is 0 Å². The largest absolute Gasteiger partial charge is 0.307 e. The number of benzene rings is 3. The zero-order valence-corrected chi connectivity index (χ0v) is 21.1. The van der Waals surface area contributed by atoms with Crippen molar-refractivity contribution in [3.05, 3.63) is 117 Å². The minimum absolute atomic E-state index is 0.0542. The highest BCUT2D eigenvalue weighted by Crippen LogP contribution is 2.27. The number of anilines is 1. The van der Waals surface area contributed by atoms with Gasteiger partial charge >= 0.3 is 0 Å². The highest BCUT2D eigenvalue weighted by Gasteiger charge is 2.20. The van der Waals surface area contributed by atoms with E-state index < -0.39 is 26.6 Å². The molecule has 0 radical (unpaired) electrons. The first kappa shape index (κ1) is 26.6. The number of amides is 1. The average Bonchev–Trinajstić information content (AvgIpc) is 2.89. The molecule has 0 atom stereocenters. The SMILES string of the molecule is NS(=O)(=O)c1ccccc1-c1ccc(C(=O)Cc2cc([N+](=O)[O-])ccc2C(=O)Nc2ccc(Cl)cn2)cc1. The van der Waals surface area contributed by atoms with E-state index in [1.165, 1.54) is 54.7 Å². The number of nitrogens with two attached hydrogens (primary N) is 1. The number of pyridine rings is 1. The number of non-ortho nitro benzene ring substituents is 1. The Labute approximate surface area is 222 Å². The average molecular weight is 551 g/mol. The van der Waals surface area contributed by atoms with Crippen LogP contribution < -0.4 is 10.5 Å². The predicted molar refractivity (Wildman–Crippen MR) is 142 cm³/mol. The van der Waals surface area contributed by atoms with E-state index in [9.17, 15) is 28.1 Å². The summed E-state index contributed by atoms with van der Waals surface area (Å²) in [5, 5.41) is 19.6. The third kappa shape index (κ3) is 6.09. The van der Waals surface area contributed by atoms with Crippen molar-refractivity contribution in [2.45, 2.75) is 11.3 Å². The number of aromatic nitrogens is 1. The number of ketones is 1. The molecule has 0 saturated heterocycles. The van der Waals surface area contributed by atoms with Gasteiger partial charge in [-0.1, -0.05) is 54.1 Å². The van der Waals surface area contributed by atoms with Gasteiger partial charge in [0, 0.05) is 41.4 Å². The van der Waals surface area contributed by atoms with E-state index in [2.05, 4.69) is 10.3 Å². The summed E-state index contributed by atoms with van der Waals surface area (Å²) < 4.78 is 23.9. The van der Waals surface area contributed by atoms with Crippen molar-refractivity contribution in [2.24, 2.45) is 5.14 Å². The van der Waals surface area contributed by atoms with Crippen LogP contribution in [0.4, 0.5) is 11.5 Å². The molecule has 0 bridgehead atoms. The lowest BCUT2D eigenvalue weighted by atomic mass is 9.96. The van der Waals surface area contributed by atoms with Crippen LogP contribution in [0.2, 0.25) is 5.02 Å².